The summed E-state index contributed by atoms with van der Waals surface area (Å²) in [6.07, 6.45) is 4.99. The number of carbonyl (C=O) groups is 1. The van der Waals surface area contributed by atoms with Crippen molar-refractivity contribution in [1.82, 2.24) is 9.88 Å². The van der Waals surface area contributed by atoms with Crippen molar-refractivity contribution >= 4 is 17.7 Å². The summed E-state index contributed by atoms with van der Waals surface area (Å²) < 4.78 is 11.4. The Hall–Kier alpha value is -1.37. The summed E-state index contributed by atoms with van der Waals surface area (Å²) in [7, 11) is 0. The average Bonchev–Trinajstić information content (AvgIpc) is 3.01. The molecule has 0 aliphatic carbocycles. The van der Waals surface area contributed by atoms with Gasteiger partial charge in [-0.25, -0.2) is 4.98 Å². The summed E-state index contributed by atoms with van der Waals surface area (Å²) in [6.45, 7) is 6.32. The Morgan fingerprint density at radius 1 is 1.41 bits per heavy atom. The highest BCUT2D eigenvalue weighted by molar-refractivity contribution is 7.99. The van der Waals surface area contributed by atoms with Gasteiger partial charge in [0.1, 0.15) is 5.03 Å². The first-order valence-corrected chi connectivity index (χ1v) is 8.48. The molecule has 2 aliphatic rings. The van der Waals surface area contributed by atoms with Gasteiger partial charge in [0.2, 0.25) is 0 Å². The second-order valence-corrected chi connectivity index (χ2v) is 6.36. The number of aromatic nitrogens is 1. The molecule has 1 aromatic rings. The molecule has 118 valence electrons. The van der Waals surface area contributed by atoms with Gasteiger partial charge in [-0.1, -0.05) is 6.08 Å². The second-order valence-electron chi connectivity index (χ2n) is 5.36. The minimum Gasteiger partial charge on any atom is -0.347 e. The van der Waals surface area contributed by atoms with Crippen molar-refractivity contribution in [3.8, 4) is 0 Å². The van der Waals surface area contributed by atoms with E-state index in [1.54, 1.807) is 12.3 Å². The molecule has 3 heterocycles. The molecule has 2 aliphatic heterocycles. The van der Waals surface area contributed by atoms with Gasteiger partial charge in [-0.15, -0.1) is 18.3 Å². The van der Waals surface area contributed by atoms with Gasteiger partial charge < -0.3 is 14.4 Å². The molecule has 0 atom stereocenters. The second kappa shape index (κ2) is 6.81. The van der Waals surface area contributed by atoms with Gasteiger partial charge in [0, 0.05) is 37.9 Å². The predicted octanol–water partition coefficient (Wildman–Crippen LogP) is 2.34. The van der Waals surface area contributed by atoms with Gasteiger partial charge in [-0.3, -0.25) is 4.79 Å². The van der Waals surface area contributed by atoms with E-state index >= 15 is 0 Å². The zero-order valence-electron chi connectivity index (χ0n) is 12.5. The Morgan fingerprint density at radius 3 is 2.82 bits per heavy atom. The summed E-state index contributed by atoms with van der Waals surface area (Å²) in [5.74, 6) is 0.321. The first-order chi connectivity index (χ1) is 10.7. The van der Waals surface area contributed by atoms with Crippen LogP contribution < -0.4 is 0 Å². The molecule has 1 spiro atoms. The summed E-state index contributed by atoms with van der Waals surface area (Å²) in [4.78, 5) is 18.9. The van der Waals surface area contributed by atoms with E-state index < -0.39 is 5.79 Å². The van der Waals surface area contributed by atoms with Crippen LogP contribution in [0.25, 0.3) is 0 Å². The van der Waals surface area contributed by atoms with E-state index in [2.05, 4.69) is 11.6 Å². The lowest BCUT2D eigenvalue weighted by molar-refractivity contribution is -0.181. The molecule has 0 unspecified atom stereocenters. The highest BCUT2D eigenvalue weighted by Gasteiger charge is 2.41. The highest BCUT2D eigenvalue weighted by Crippen LogP contribution is 2.32. The molecule has 0 aromatic carbocycles. The van der Waals surface area contributed by atoms with Crippen LogP contribution >= 0.6 is 11.8 Å². The van der Waals surface area contributed by atoms with E-state index in [0.29, 0.717) is 31.9 Å². The van der Waals surface area contributed by atoms with E-state index in [-0.39, 0.29) is 5.91 Å². The van der Waals surface area contributed by atoms with E-state index in [4.69, 9.17) is 9.47 Å². The lowest BCUT2D eigenvalue weighted by Gasteiger charge is -2.37. The zero-order chi connectivity index (χ0) is 15.4. The third-order valence-corrected chi connectivity index (χ3v) is 4.97. The maximum Gasteiger partial charge on any atom is 0.256 e. The molecule has 0 N–H and O–H groups in total. The van der Waals surface area contributed by atoms with E-state index in [9.17, 15) is 4.79 Å². The molecular formula is C16H20N2O3S. The first kappa shape index (κ1) is 15.5. The highest BCUT2D eigenvalue weighted by atomic mass is 32.2. The van der Waals surface area contributed by atoms with Gasteiger partial charge in [0.15, 0.2) is 5.79 Å². The lowest BCUT2D eigenvalue weighted by atomic mass is 10.0. The fourth-order valence-corrected chi connectivity index (χ4v) is 3.53. The quantitative estimate of drug-likeness (QED) is 0.629. The molecule has 3 rings (SSSR count). The third-order valence-electron chi connectivity index (χ3n) is 3.97. The van der Waals surface area contributed by atoms with Crippen LogP contribution in [-0.2, 0) is 9.47 Å². The van der Waals surface area contributed by atoms with Crippen LogP contribution in [0, 0.1) is 0 Å². The van der Waals surface area contributed by atoms with Gasteiger partial charge in [-0.05, 0) is 12.1 Å². The number of hydrogen-bond donors (Lipinski definition) is 0. The topological polar surface area (TPSA) is 51.7 Å². The van der Waals surface area contributed by atoms with Crippen LogP contribution in [-0.4, -0.2) is 53.6 Å². The number of hydrogen-bond acceptors (Lipinski definition) is 5. The van der Waals surface area contributed by atoms with Crippen LogP contribution in [0.2, 0.25) is 0 Å². The fourth-order valence-electron chi connectivity index (χ4n) is 2.81. The molecule has 1 aromatic heterocycles. The summed E-state index contributed by atoms with van der Waals surface area (Å²) >= 11 is 1.53. The Labute approximate surface area is 134 Å². The van der Waals surface area contributed by atoms with Crippen LogP contribution in [0.3, 0.4) is 0 Å². The smallest absolute Gasteiger partial charge is 0.256 e. The van der Waals surface area contributed by atoms with Gasteiger partial charge in [-0.2, -0.15) is 0 Å². The van der Waals surface area contributed by atoms with Crippen molar-refractivity contribution < 1.29 is 14.3 Å². The molecule has 0 bridgehead atoms. The van der Waals surface area contributed by atoms with E-state index in [1.165, 1.54) is 11.8 Å². The number of rotatable bonds is 4. The molecule has 0 radical (unpaired) electrons. The number of piperidine rings is 1. The summed E-state index contributed by atoms with van der Waals surface area (Å²) in [5, 5.41) is 0.765. The first-order valence-electron chi connectivity index (χ1n) is 7.50. The van der Waals surface area contributed by atoms with Crippen molar-refractivity contribution in [3.63, 3.8) is 0 Å². The third kappa shape index (κ3) is 3.19. The molecule has 0 saturated carbocycles. The Balaban J connectivity index is 1.68. The normalized spacial score (nSPS) is 20.3. The standard InChI is InChI=1S/C16H20N2O3S/c1-2-12-22-14-13(4-3-7-17-14)15(19)18-8-5-16(6-9-18)20-10-11-21-16/h2-4,7H,1,5-6,8-12H2. The largest absolute Gasteiger partial charge is 0.347 e. The van der Waals surface area contributed by atoms with Crippen molar-refractivity contribution in [3.05, 3.63) is 36.5 Å². The van der Waals surface area contributed by atoms with Crippen LogP contribution in [0.1, 0.15) is 23.2 Å². The Bertz CT molecular complexity index is 548. The molecular weight excluding hydrogens is 300 g/mol. The van der Waals surface area contributed by atoms with Gasteiger partial charge >= 0.3 is 0 Å². The Morgan fingerprint density at radius 2 is 2.14 bits per heavy atom. The van der Waals surface area contributed by atoms with E-state index in [0.717, 1.165) is 23.6 Å². The van der Waals surface area contributed by atoms with Gasteiger partial charge in [0.05, 0.1) is 18.8 Å². The van der Waals surface area contributed by atoms with E-state index in [1.807, 2.05) is 17.0 Å². The van der Waals surface area contributed by atoms with Gasteiger partial charge in [0.25, 0.3) is 5.91 Å². The lowest BCUT2D eigenvalue weighted by Crippen LogP contribution is -2.47. The van der Waals surface area contributed by atoms with Crippen molar-refractivity contribution in [1.29, 1.82) is 0 Å². The monoisotopic (exact) mass is 320 g/mol. The van der Waals surface area contributed by atoms with Crippen molar-refractivity contribution in [2.45, 2.75) is 23.7 Å². The molecule has 5 nitrogen and oxygen atoms in total. The molecule has 1 amide bonds. The zero-order valence-corrected chi connectivity index (χ0v) is 13.3. The Kier molecular flexibility index (Phi) is 4.81. The fraction of sp³-hybridized carbons (Fsp3) is 0.500. The number of nitrogens with zero attached hydrogens (tertiary/aromatic N) is 2. The maximum atomic E-state index is 12.8. The number of pyridine rings is 1. The van der Waals surface area contributed by atoms with Crippen LogP contribution in [0.4, 0.5) is 0 Å². The predicted molar refractivity (Wildman–Crippen MR) is 84.9 cm³/mol. The number of thioether (sulfide) groups is 1. The number of amides is 1. The average molecular weight is 320 g/mol. The number of likely N-dealkylation sites (tertiary alicyclic amines) is 1. The van der Waals surface area contributed by atoms with Crippen LogP contribution in [0.15, 0.2) is 36.0 Å². The maximum absolute atomic E-state index is 12.8. The number of carbonyl (C=O) groups excluding carboxylic acids is 1. The molecule has 6 heteroatoms. The minimum atomic E-state index is -0.452. The minimum absolute atomic E-state index is 0.0347. The molecule has 2 saturated heterocycles. The van der Waals surface area contributed by atoms with Crippen LogP contribution in [0.5, 0.6) is 0 Å². The molecule has 2 fully saturated rings. The van der Waals surface area contributed by atoms with Crippen molar-refractivity contribution in [2.75, 3.05) is 32.1 Å². The summed E-state index contributed by atoms with van der Waals surface area (Å²) in [5.41, 5.74) is 0.665. The SMILES string of the molecule is C=CCSc1ncccc1C(=O)N1CCC2(CC1)OCCO2. The number of ether oxygens (including phenoxy) is 2. The van der Waals surface area contributed by atoms with Crippen molar-refractivity contribution in [2.24, 2.45) is 0 Å². The summed E-state index contributed by atoms with van der Waals surface area (Å²) in [6, 6.07) is 3.65. The molecule has 22 heavy (non-hydrogen) atoms.